The zero-order valence-corrected chi connectivity index (χ0v) is 18.9. The van der Waals surface area contributed by atoms with Gasteiger partial charge in [0.05, 0.1) is 23.7 Å². The van der Waals surface area contributed by atoms with Crippen LogP contribution in [0, 0.1) is 5.92 Å². The van der Waals surface area contributed by atoms with Gasteiger partial charge in [-0.05, 0) is 36.6 Å². The molecule has 4 rings (SSSR count). The summed E-state index contributed by atoms with van der Waals surface area (Å²) < 4.78 is 5.89. The number of benzene rings is 2. The van der Waals surface area contributed by atoms with Crippen molar-refractivity contribution < 1.29 is 9.84 Å². The van der Waals surface area contributed by atoms with Crippen LogP contribution in [0.5, 0.6) is 5.75 Å². The van der Waals surface area contributed by atoms with E-state index in [0.29, 0.717) is 40.6 Å². The van der Waals surface area contributed by atoms with Gasteiger partial charge in [0, 0.05) is 10.6 Å². The van der Waals surface area contributed by atoms with E-state index in [2.05, 4.69) is 24.1 Å². The predicted molar refractivity (Wildman–Crippen MR) is 129 cm³/mol. The first-order chi connectivity index (χ1) is 15.5. The van der Waals surface area contributed by atoms with Crippen molar-refractivity contribution in [2.24, 2.45) is 5.92 Å². The monoisotopic (exact) mass is 450 g/mol. The van der Waals surface area contributed by atoms with Crippen LogP contribution in [0.1, 0.15) is 26.0 Å². The van der Waals surface area contributed by atoms with Crippen molar-refractivity contribution >= 4 is 28.5 Å². The van der Waals surface area contributed by atoms with Crippen molar-refractivity contribution in [2.75, 3.05) is 11.9 Å². The highest BCUT2D eigenvalue weighted by Gasteiger charge is 2.17. The summed E-state index contributed by atoms with van der Waals surface area (Å²) in [5.41, 5.74) is 2.51. The number of hydrogen-bond acceptors (Lipinski definition) is 5. The second-order valence-corrected chi connectivity index (χ2v) is 8.65. The molecule has 0 unspecified atom stereocenters. The molecule has 4 aromatic rings. The molecular formula is C25H27ClN4O2. The Morgan fingerprint density at radius 3 is 2.59 bits per heavy atom. The van der Waals surface area contributed by atoms with E-state index >= 15 is 0 Å². The van der Waals surface area contributed by atoms with Crippen LogP contribution in [-0.4, -0.2) is 32.7 Å². The van der Waals surface area contributed by atoms with E-state index in [1.165, 1.54) is 0 Å². The van der Waals surface area contributed by atoms with Gasteiger partial charge in [0.1, 0.15) is 23.8 Å². The molecule has 0 aliphatic rings. The lowest BCUT2D eigenvalue weighted by Crippen LogP contribution is -2.26. The molecule has 0 amide bonds. The van der Waals surface area contributed by atoms with Crippen molar-refractivity contribution in [3.05, 3.63) is 71.4 Å². The second kappa shape index (κ2) is 10.0. The standard InChI is InChI=1S/C25H27ClN4O2/c1-16(2)11-19(14-31)27-24-22-13-20(15-32-21-10-6-9-18(26)12-21)28-25(22)30-23(29-24)17-7-4-3-5-8-17/h3-10,12-13,16,19,31H,11,14-15H2,1-2H3,(H2,27,28,29,30)/t19-/m0/s1. The van der Waals surface area contributed by atoms with Crippen molar-refractivity contribution in [3.8, 4) is 17.1 Å². The van der Waals surface area contributed by atoms with E-state index in [0.717, 1.165) is 23.1 Å². The average Bonchev–Trinajstić information content (AvgIpc) is 3.21. The number of H-pyrrole nitrogens is 1. The molecule has 0 saturated carbocycles. The first-order valence-electron chi connectivity index (χ1n) is 10.7. The summed E-state index contributed by atoms with van der Waals surface area (Å²) in [7, 11) is 0. The maximum Gasteiger partial charge on any atom is 0.163 e. The number of fused-ring (bicyclic) bond motifs is 1. The van der Waals surface area contributed by atoms with Gasteiger partial charge in [-0.1, -0.05) is 61.8 Å². The number of rotatable bonds is 9. The van der Waals surface area contributed by atoms with E-state index in [1.54, 1.807) is 6.07 Å². The Labute approximate surface area is 192 Å². The third kappa shape index (κ3) is 5.39. The lowest BCUT2D eigenvalue weighted by molar-refractivity contribution is 0.259. The van der Waals surface area contributed by atoms with Crippen LogP contribution in [-0.2, 0) is 6.61 Å². The molecule has 2 aromatic carbocycles. The maximum atomic E-state index is 9.89. The van der Waals surface area contributed by atoms with Gasteiger partial charge in [-0.3, -0.25) is 0 Å². The predicted octanol–water partition coefficient (Wildman–Crippen LogP) is 5.68. The molecule has 0 saturated heterocycles. The summed E-state index contributed by atoms with van der Waals surface area (Å²) >= 11 is 6.05. The number of halogens is 1. The lowest BCUT2D eigenvalue weighted by atomic mass is 10.0. The second-order valence-electron chi connectivity index (χ2n) is 8.22. The van der Waals surface area contributed by atoms with Crippen molar-refractivity contribution in [2.45, 2.75) is 32.9 Å². The summed E-state index contributed by atoms with van der Waals surface area (Å²) in [5.74, 6) is 2.45. The van der Waals surface area contributed by atoms with Crippen LogP contribution in [0.25, 0.3) is 22.4 Å². The van der Waals surface area contributed by atoms with Crippen molar-refractivity contribution in [3.63, 3.8) is 0 Å². The third-order valence-corrected chi connectivity index (χ3v) is 5.32. The van der Waals surface area contributed by atoms with Gasteiger partial charge in [0.25, 0.3) is 0 Å². The molecule has 2 heterocycles. The zero-order valence-electron chi connectivity index (χ0n) is 18.2. The van der Waals surface area contributed by atoms with E-state index in [4.69, 9.17) is 26.3 Å². The SMILES string of the molecule is CC(C)C[C@@H](CO)Nc1nc(-c2ccccc2)nc2[nH]c(COc3cccc(Cl)c3)cc12. The average molecular weight is 451 g/mol. The molecule has 0 fully saturated rings. The summed E-state index contributed by atoms with van der Waals surface area (Å²) in [6.07, 6.45) is 0.831. The molecule has 6 nitrogen and oxygen atoms in total. The number of aromatic amines is 1. The van der Waals surface area contributed by atoms with Gasteiger partial charge in [-0.25, -0.2) is 9.97 Å². The van der Waals surface area contributed by atoms with Crippen LogP contribution in [0.15, 0.2) is 60.7 Å². The number of nitrogens with one attached hydrogen (secondary N) is 2. The van der Waals surface area contributed by atoms with E-state index in [1.807, 2.05) is 54.6 Å². The Morgan fingerprint density at radius 1 is 1.06 bits per heavy atom. The molecule has 166 valence electrons. The first-order valence-corrected chi connectivity index (χ1v) is 11.1. The number of hydrogen-bond donors (Lipinski definition) is 3. The van der Waals surface area contributed by atoms with Gasteiger partial charge in [-0.15, -0.1) is 0 Å². The lowest BCUT2D eigenvalue weighted by Gasteiger charge is -2.19. The Hall–Kier alpha value is -3.09. The normalized spacial score (nSPS) is 12.3. The van der Waals surface area contributed by atoms with Crippen LogP contribution >= 0.6 is 11.6 Å². The zero-order chi connectivity index (χ0) is 22.5. The van der Waals surface area contributed by atoms with Gasteiger partial charge in [-0.2, -0.15) is 0 Å². The fraction of sp³-hybridized carbons (Fsp3) is 0.280. The molecule has 0 spiro atoms. The number of aromatic nitrogens is 3. The minimum Gasteiger partial charge on any atom is -0.487 e. The highest BCUT2D eigenvalue weighted by molar-refractivity contribution is 6.30. The Bertz CT molecular complexity index is 1180. The highest BCUT2D eigenvalue weighted by Crippen LogP contribution is 2.27. The first kappa shape index (κ1) is 22.1. The Balaban J connectivity index is 1.68. The molecule has 3 N–H and O–H groups in total. The quantitative estimate of drug-likeness (QED) is 0.305. The summed E-state index contributed by atoms with van der Waals surface area (Å²) in [6.45, 7) is 4.64. The smallest absolute Gasteiger partial charge is 0.163 e. The number of aliphatic hydroxyl groups excluding tert-OH is 1. The van der Waals surface area contributed by atoms with Gasteiger partial charge >= 0.3 is 0 Å². The summed E-state index contributed by atoms with van der Waals surface area (Å²) in [5, 5.41) is 14.8. The van der Waals surface area contributed by atoms with Crippen LogP contribution in [0.2, 0.25) is 5.02 Å². The molecule has 1 atom stereocenters. The van der Waals surface area contributed by atoms with Gasteiger partial charge < -0.3 is 20.1 Å². The Morgan fingerprint density at radius 2 is 1.88 bits per heavy atom. The van der Waals surface area contributed by atoms with Crippen molar-refractivity contribution in [1.82, 2.24) is 15.0 Å². The number of anilines is 1. The van der Waals surface area contributed by atoms with E-state index < -0.39 is 0 Å². The molecule has 7 heteroatoms. The Kier molecular flexibility index (Phi) is 6.93. The number of ether oxygens (including phenoxy) is 1. The topological polar surface area (TPSA) is 83.1 Å². The van der Waals surface area contributed by atoms with Crippen LogP contribution in [0.4, 0.5) is 5.82 Å². The molecular weight excluding hydrogens is 424 g/mol. The van der Waals surface area contributed by atoms with Crippen molar-refractivity contribution in [1.29, 1.82) is 0 Å². The number of nitrogens with zero attached hydrogens (tertiary/aromatic N) is 2. The third-order valence-electron chi connectivity index (χ3n) is 5.08. The molecule has 0 aliphatic heterocycles. The molecule has 0 aliphatic carbocycles. The van der Waals surface area contributed by atoms with Crippen LogP contribution in [0.3, 0.4) is 0 Å². The molecule has 0 bridgehead atoms. The minimum atomic E-state index is -0.0993. The molecule has 32 heavy (non-hydrogen) atoms. The van der Waals surface area contributed by atoms with E-state index in [-0.39, 0.29) is 12.6 Å². The summed E-state index contributed by atoms with van der Waals surface area (Å²) in [6, 6.07) is 19.0. The number of aliphatic hydroxyl groups is 1. The molecule has 0 radical (unpaired) electrons. The van der Waals surface area contributed by atoms with E-state index in [9.17, 15) is 5.11 Å². The largest absolute Gasteiger partial charge is 0.487 e. The maximum absolute atomic E-state index is 9.89. The van der Waals surface area contributed by atoms with Crippen LogP contribution < -0.4 is 10.1 Å². The van der Waals surface area contributed by atoms with Gasteiger partial charge in [0.2, 0.25) is 0 Å². The fourth-order valence-corrected chi connectivity index (χ4v) is 3.81. The molecule has 2 aromatic heterocycles. The highest BCUT2D eigenvalue weighted by atomic mass is 35.5. The fourth-order valence-electron chi connectivity index (χ4n) is 3.63. The van der Waals surface area contributed by atoms with Gasteiger partial charge in [0.15, 0.2) is 5.82 Å². The minimum absolute atomic E-state index is 0.0273. The summed E-state index contributed by atoms with van der Waals surface area (Å²) in [4.78, 5) is 12.9.